The number of aromatic nitrogens is 2. The van der Waals surface area contributed by atoms with Gasteiger partial charge in [0.25, 0.3) is 0 Å². The van der Waals surface area contributed by atoms with E-state index >= 15 is 0 Å². The lowest BCUT2D eigenvalue weighted by Crippen LogP contribution is -1.98. The summed E-state index contributed by atoms with van der Waals surface area (Å²) in [7, 11) is 0. The maximum Gasteiger partial charge on any atom is 0.160 e. The Morgan fingerprint density at radius 3 is 1.55 bits per heavy atom. The molecule has 0 spiro atoms. The second-order valence-corrected chi connectivity index (χ2v) is 14.9. The minimum atomic E-state index is 0.686. The fourth-order valence-corrected chi connectivity index (χ4v) is 8.64. The van der Waals surface area contributed by atoms with Crippen LogP contribution < -0.4 is 0 Å². The van der Waals surface area contributed by atoms with Crippen LogP contribution in [0.15, 0.2) is 206 Å². The van der Waals surface area contributed by atoms with E-state index in [4.69, 9.17) is 9.97 Å². The van der Waals surface area contributed by atoms with E-state index in [1.165, 1.54) is 25.7 Å². The standard InChI is InChI=1S/C52H34N2S/c1-4-15-35(16-5-1)38-21-14-22-40(29-38)52-53-48(34-49(54-52)45-24-11-10-23-44(45)37-19-8-3-9-20-37)43-31-41(36-17-6-2-7-18-36)30-42(32-43)39-27-28-51-47(33-39)46-25-12-13-26-50(46)55-51/h1-34H. The zero-order chi connectivity index (χ0) is 36.6. The van der Waals surface area contributed by atoms with Crippen LogP contribution in [-0.4, -0.2) is 9.97 Å². The molecule has 8 aromatic carbocycles. The molecular weight excluding hydrogens is 685 g/mol. The Kier molecular flexibility index (Phi) is 8.40. The fraction of sp³-hybridized carbons (Fsp3) is 0. The summed E-state index contributed by atoms with van der Waals surface area (Å²) in [5, 5.41) is 2.58. The molecule has 0 bridgehead atoms. The molecular formula is C52H34N2S. The predicted octanol–water partition coefficient (Wildman–Crippen LogP) is 14.5. The van der Waals surface area contributed by atoms with E-state index in [-0.39, 0.29) is 0 Å². The molecule has 2 nitrogen and oxygen atoms in total. The van der Waals surface area contributed by atoms with Gasteiger partial charge in [0.15, 0.2) is 5.82 Å². The number of hydrogen-bond acceptors (Lipinski definition) is 3. The molecule has 0 aliphatic heterocycles. The van der Waals surface area contributed by atoms with Gasteiger partial charge in [0, 0.05) is 36.9 Å². The zero-order valence-corrected chi connectivity index (χ0v) is 30.7. The van der Waals surface area contributed by atoms with Crippen molar-refractivity contribution in [2.24, 2.45) is 0 Å². The molecule has 10 rings (SSSR count). The SMILES string of the molecule is c1ccc(-c2cc(-c3ccc4sc5ccccc5c4c3)cc(-c3cc(-c4ccccc4-c4ccccc4)nc(-c4cccc(-c5ccccc5)c4)n3)c2)cc1. The third kappa shape index (κ3) is 6.41. The third-order valence-corrected chi connectivity index (χ3v) is 11.4. The van der Waals surface area contributed by atoms with Gasteiger partial charge in [0.1, 0.15) is 0 Å². The van der Waals surface area contributed by atoms with Crippen LogP contribution in [0.4, 0.5) is 0 Å². The van der Waals surface area contributed by atoms with Crippen LogP contribution in [-0.2, 0) is 0 Å². The van der Waals surface area contributed by atoms with Crippen molar-refractivity contribution in [3.8, 4) is 78.4 Å². The number of rotatable bonds is 7. The van der Waals surface area contributed by atoms with Gasteiger partial charge in [0.2, 0.25) is 0 Å². The van der Waals surface area contributed by atoms with Gasteiger partial charge in [-0.05, 0) is 93.0 Å². The quantitative estimate of drug-likeness (QED) is 0.164. The predicted molar refractivity (Wildman–Crippen MR) is 233 cm³/mol. The molecule has 2 aromatic heterocycles. The number of benzene rings is 8. The summed E-state index contributed by atoms with van der Waals surface area (Å²) in [6, 6.07) is 73.4. The summed E-state index contributed by atoms with van der Waals surface area (Å²) < 4.78 is 2.60. The summed E-state index contributed by atoms with van der Waals surface area (Å²) in [5.74, 6) is 0.686. The molecule has 0 atom stereocenters. The van der Waals surface area contributed by atoms with Gasteiger partial charge in [-0.2, -0.15) is 0 Å². The van der Waals surface area contributed by atoms with Crippen molar-refractivity contribution in [2.75, 3.05) is 0 Å². The van der Waals surface area contributed by atoms with Crippen LogP contribution >= 0.6 is 11.3 Å². The van der Waals surface area contributed by atoms with Gasteiger partial charge in [0.05, 0.1) is 11.4 Å². The molecule has 0 radical (unpaired) electrons. The van der Waals surface area contributed by atoms with E-state index in [1.807, 2.05) is 11.3 Å². The van der Waals surface area contributed by atoms with Crippen LogP contribution in [0.3, 0.4) is 0 Å². The zero-order valence-electron chi connectivity index (χ0n) is 29.9. The molecule has 0 saturated carbocycles. The highest BCUT2D eigenvalue weighted by Crippen LogP contribution is 2.40. The van der Waals surface area contributed by atoms with Gasteiger partial charge >= 0.3 is 0 Å². The summed E-state index contributed by atoms with van der Waals surface area (Å²) in [4.78, 5) is 10.7. The number of fused-ring (bicyclic) bond motifs is 3. The van der Waals surface area contributed by atoms with Crippen LogP contribution in [0.1, 0.15) is 0 Å². The van der Waals surface area contributed by atoms with Crippen molar-refractivity contribution in [3.63, 3.8) is 0 Å². The second-order valence-electron chi connectivity index (χ2n) is 13.8. The van der Waals surface area contributed by atoms with Crippen molar-refractivity contribution in [1.29, 1.82) is 0 Å². The Balaban J connectivity index is 1.20. The largest absolute Gasteiger partial charge is 0.228 e. The summed E-state index contributed by atoms with van der Waals surface area (Å²) in [6.07, 6.45) is 0. The molecule has 258 valence electrons. The minimum absolute atomic E-state index is 0.686. The van der Waals surface area contributed by atoms with E-state index in [1.54, 1.807) is 0 Å². The number of thiophene rings is 1. The maximum atomic E-state index is 5.38. The average molecular weight is 719 g/mol. The van der Waals surface area contributed by atoms with Crippen molar-refractivity contribution in [3.05, 3.63) is 206 Å². The van der Waals surface area contributed by atoms with E-state index in [9.17, 15) is 0 Å². The van der Waals surface area contributed by atoms with Crippen molar-refractivity contribution < 1.29 is 0 Å². The minimum Gasteiger partial charge on any atom is -0.228 e. The van der Waals surface area contributed by atoms with Crippen LogP contribution in [0.25, 0.3) is 98.6 Å². The molecule has 0 N–H and O–H groups in total. The fourth-order valence-electron chi connectivity index (χ4n) is 7.55. The Bertz CT molecular complexity index is 2970. The summed E-state index contributed by atoms with van der Waals surface area (Å²) in [5.41, 5.74) is 14.0. The van der Waals surface area contributed by atoms with E-state index in [2.05, 4.69) is 206 Å². The Labute approximate surface area is 324 Å². The van der Waals surface area contributed by atoms with E-state index in [0.717, 1.165) is 67.0 Å². The van der Waals surface area contributed by atoms with E-state index < -0.39 is 0 Å². The van der Waals surface area contributed by atoms with Gasteiger partial charge in [-0.15, -0.1) is 11.3 Å². The van der Waals surface area contributed by atoms with Crippen molar-refractivity contribution >= 4 is 31.5 Å². The molecule has 3 heteroatoms. The number of hydrogen-bond donors (Lipinski definition) is 0. The van der Waals surface area contributed by atoms with Gasteiger partial charge in [-0.25, -0.2) is 9.97 Å². The molecule has 10 aromatic rings. The van der Waals surface area contributed by atoms with Crippen LogP contribution in [0.2, 0.25) is 0 Å². The van der Waals surface area contributed by atoms with Gasteiger partial charge < -0.3 is 0 Å². The van der Waals surface area contributed by atoms with Crippen molar-refractivity contribution in [1.82, 2.24) is 9.97 Å². The molecule has 0 amide bonds. The molecule has 0 aliphatic rings. The van der Waals surface area contributed by atoms with Crippen LogP contribution in [0.5, 0.6) is 0 Å². The summed E-state index contributed by atoms with van der Waals surface area (Å²) in [6.45, 7) is 0. The number of nitrogens with zero attached hydrogens (tertiary/aromatic N) is 2. The first-order chi connectivity index (χ1) is 27.2. The Morgan fingerprint density at radius 2 is 0.782 bits per heavy atom. The highest BCUT2D eigenvalue weighted by molar-refractivity contribution is 7.25. The Hall–Kier alpha value is -6.94. The smallest absolute Gasteiger partial charge is 0.160 e. The lowest BCUT2D eigenvalue weighted by atomic mass is 9.93. The lowest BCUT2D eigenvalue weighted by Gasteiger charge is -2.15. The topological polar surface area (TPSA) is 25.8 Å². The molecule has 0 saturated heterocycles. The molecule has 0 aliphatic carbocycles. The average Bonchev–Trinajstić information content (AvgIpc) is 3.65. The monoisotopic (exact) mass is 718 g/mol. The first-order valence-corrected chi connectivity index (χ1v) is 19.4. The Morgan fingerprint density at radius 1 is 0.273 bits per heavy atom. The summed E-state index contributed by atoms with van der Waals surface area (Å²) >= 11 is 1.85. The second kappa shape index (κ2) is 14.1. The first-order valence-electron chi connectivity index (χ1n) is 18.6. The van der Waals surface area contributed by atoms with Gasteiger partial charge in [-0.3, -0.25) is 0 Å². The molecule has 2 heterocycles. The molecule has 55 heavy (non-hydrogen) atoms. The lowest BCUT2D eigenvalue weighted by molar-refractivity contribution is 1.18. The molecule has 0 fully saturated rings. The van der Waals surface area contributed by atoms with Crippen LogP contribution in [0, 0.1) is 0 Å². The highest BCUT2D eigenvalue weighted by atomic mass is 32.1. The normalized spacial score (nSPS) is 11.3. The maximum absolute atomic E-state index is 5.38. The molecule has 0 unspecified atom stereocenters. The highest BCUT2D eigenvalue weighted by Gasteiger charge is 2.17. The van der Waals surface area contributed by atoms with Gasteiger partial charge in [-0.1, -0.05) is 158 Å². The first kappa shape index (κ1) is 32.7. The third-order valence-electron chi connectivity index (χ3n) is 10.3. The van der Waals surface area contributed by atoms with Crippen molar-refractivity contribution in [2.45, 2.75) is 0 Å². The van der Waals surface area contributed by atoms with E-state index in [0.29, 0.717) is 5.82 Å².